The van der Waals surface area contributed by atoms with Gasteiger partial charge in [0.25, 0.3) is 0 Å². The van der Waals surface area contributed by atoms with E-state index in [9.17, 15) is 4.79 Å². The second-order valence-electron chi connectivity index (χ2n) is 6.21. The van der Waals surface area contributed by atoms with Gasteiger partial charge in [-0.3, -0.25) is 4.79 Å². The van der Waals surface area contributed by atoms with E-state index < -0.39 is 5.41 Å². The molecule has 2 aliphatic rings. The standard InChI is InChI=1S/C17H18N4O/c18-4-3-10-6-11-8-17(9-12(11)7-14(10)19)13-2-1-5-20-15(13)21-16(17)22/h1-2,5-7H,3-4,8-9,18-19H2,(H,20,21,22)/p+1. The maximum atomic E-state index is 12.6. The van der Waals surface area contributed by atoms with E-state index in [0.29, 0.717) is 12.2 Å². The number of carbonyl (C=O) groups excluding carboxylic acids is 1. The molecule has 1 aliphatic carbocycles. The van der Waals surface area contributed by atoms with Crippen LogP contribution in [0.2, 0.25) is 0 Å². The Morgan fingerprint density at radius 2 is 2.09 bits per heavy atom. The van der Waals surface area contributed by atoms with Crippen LogP contribution in [0.25, 0.3) is 0 Å². The molecule has 22 heavy (non-hydrogen) atoms. The van der Waals surface area contributed by atoms with Gasteiger partial charge in [-0.05, 0) is 41.7 Å². The molecule has 4 rings (SSSR count). The van der Waals surface area contributed by atoms with Crippen molar-refractivity contribution in [2.75, 3.05) is 17.6 Å². The molecule has 1 spiro atoms. The molecule has 1 aromatic carbocycles. The lowest BCUT2D eigenvalue weighted by molar-refractivity contribution is -0.366. The summed E-state index contributed by atoms with van der Waals surface area (Å²) >= 11 is 0. The number of nitrogens with zero attached hydrogens (tertiary/aromatic N) is 1. The first-order chi connectivity index (χ1) is 10.6. The van der Waals surface area contributed by atoms with Crippen LogP contribution in [0.15, 0.2) is 30.5 Å². The summed E-state index contributed by atoms with van der Waals surface area (Å²) in [6, 6.07) is 8.10. The van der Waals surface area contributed by atoms with Gasteiger partial charge in [0.15, 0.2) is 0 Å². The number of pyridine rings is 1. The fraction of sp³-hybridized carbons (Fsp3) is 0.294. The van der Waals surface area contributed by atoms with Crippen molar-refractivity contribution in [2.45, 2.75) is 24.7 Å². The highest BCUT2D eigenvalue weighted by Crippen LogP contribution is 2.47. The number of nitrogens with two attached hydrogens (primary N) is 1. The molecule has 0 saturated carbocycles. The van der Waals surface area contributed by atoms with Crippen LogP contribution in [0.5, 0.6) is 0 Å². The Bertz CT molecular complexity index is 786. The average Bonchev–Trinajstić information content (AvgIpc) is 2.99. The molecule has 1 atom stereocenters. The molecule has 1 aromatic heterocycles. The van der Waals surface area contributed by atoms with Gasteiger partial charge in [0, 0.05) is 23.9 Å². The van der Waals surface area contributed by atoms with Gasteiger partial charge >= 0.3 is 0 Å². The molecule has 0 fully saturated rings. The molecule has 1 amide bonds. The quantitative estimate of drug-likeness (QED) is 0.701. The van der Waals surface area contributed by atoms with Crippen molar-refractivity contribution in [3.8, 4) is 0 Å². The van der Waals surface area contributed by atoms with Crippen LogP contribution in [0.4, 0.5) is 11.5 Å². The van der Waals surface area contributed by atoms with Crippen LogP contribution in [0, 0.1) is 0 Å². The summed E-state index contributed by atoms with van der Waals surface area (Å²) in [6.07, 6.45) is 4.00. The van der Waals surface area contributed by atoms with Crippen LogP contribution < -0.4 is 16.8 Å². The van der Waals surface area contributed by atoms with E-state index >= 15 is 0 Å². The molecule has 2 aromatic rings. The second kappa shape index (κ2) is 4.55. The zero-order chi connectivity index (χ0) is 15.3. The number of aromatic nitrogens is 1. The number of carbonyl (C=O) groups is 1. The highest BCUT2D eigenvalue weighted by atomic mass is 16.2. The molecule has 5 heteroatoms. The first kappa shape index (κ1) is 13.3. The highest BCUT2D eigenvalue weighted by Gasteiger charge is 2.51. The van der Waals surface area contributed by atoms with Crippen LogP contribution in [0.1, 0.15) is 22.3 Å². The number of quaternary nitrogens is 1. The minimum Gasteiger partial charge on any atom is -0.398 e. The summed E-state index contributed by atoms with van der Waals surface area (Å²) < 4.78 is 0. The first-order valence-corrected chi connectivity index (χ1v) is 7.60. The number of anilines is 2. The Morgan fingerprint density at radius 3 is 2.86 bits per heavy atom. The average molecular weight is 295 g/mol. The van der Waals surface area contributed by atoms with Gasteiger partial charge in [-0.25, -0.2) is 4.98 Å². The van der Waals surface area contributed by atoms with Gasteiger partial charge in [-0.1, -0.05) is 12.1 Å². The maximum Gasteiger partial charge on any atom is 0.237 e. The third kappa shape index (κ3) is 1.69. The summed E-state index contributed by atoms with van der Waals surface area (Å²) in [6.45, 7) is 0.821. The molecular weight excluding hydrogens is 276 g/mol. The van der Waals surface area contributed by atoms with Crippen LogP contribution in [0.3, 0.4) is 0 Å². The number of hydrogen-bond acceptors (Lipinski definition) is 3. The lowest BCUT2D eigenvalue weighted by Gasteiger charge is -2.20. The van der Waals surface area contributed by atoms with Crippen LogP contribution in [-0.4, -0.2) is 17.4 Å². The van der Waals surface area contributed by atoms with Gasteiger partial charge < -0.3 is 16.8 Å². The van der Waals surface area contributed by atoms with E-state index in [1.165, 1.54) is 11.1 Å². The summed E-state index contributed by atoms with van der Waals surface area (Å²) in [7, 11) is 0. The minimum absolute atomic E-state index is 0.0506. The Hall–Kier alpha value is -2.40. The monoisotopic (exact) mass is 295 g/mol. The maximum absolute atomic E-state index is 12.6. The van der Waals surface area contributed by atoms with Gasteiger partial charge in [-0.2, -0.15) is 0 Å². The van der Waals surface area contributed by atoms with E-state index in [1.807, 2.05) is 18.2 Å². The topological polar surface area (TPSA) is 95.6 Å². The summed E-state index contributed by atoms with van der Waals surface area (Å²) in [5, 5.41) is 2.93. The number of amides is 1. The number of hydrogen-bond donors (Lipinski definition) is 3. The molecule has 0 saturated heterocycles. The summed E-state index contributed by atoms with van der Waals surface area (Å²) in [5.74, 6) is 0.751. The van der Waals surface area contributed by atoms with Crippen molar-refractivity contribution in [3.05, 3.63) is 52.7 Å². The summed E-state index contributed by atoms with van der Waals surface area (Å²) in [4.78, 5) is 16.9. The zero-order valence-electron chi connectivity index (χ0n) is 12.4. The molecule has 1 unspecified atom stereocenters. The fourth-order valence-electron chi connectivity index (χ4n) is 3.80. The molecule has 1 aliphatic heterocycles. The molecule has 5 nitrogen and oxygen atoms in total. The molecular formula is C17H19N4O+. The number of nitrogen functional groups attached to an aromatic ring is 1. The number of nitrogens with one attached hydrogen (secondary N) is 1. The van der Waals surface area contributed by atoms with Gasteiger partial charge in [0.2, 0.25) is 5.91 Å². The third-order valence-electron chi connectivity index (χ3n) is 4.88. The molecule has 6 N–H and O–H groups in total. The lowest BCUT2D eigenvalue weighted by atomic mass is 9.79. The van der Waals surface area contributed by atoms with E-state index in [4.69, 9.17) is 5.73 Å². The number of fused-ring (bicyclic) bond motifs is 3. The lowest BCUT2D eigenvalue weighted by Crippen LogP contribution is -2.51. The third-order valence-corrected chi connectivity index (χ3v) is 4.88. The van der Waals surface area contributed by atoms with Crippen molar-refractivity contribution in [3.63, 3.8) is 0 Å². The highest BCUT2D eigenvalue weighted by molar-refractivity contribution is 6.06. The normalized spacial score (nSPS) is 21.8. The first-order valence-electron chi connectivity index (χ1n) is 7.60. The second-order valence-corrected chi connectivity index (χ2v) is 6.21. The Labute approximate surface area is 128 Å². The van der Waals surface area contributed by atoms with Crippen molar-refractivity contribution in [1.82, 2.24) is 4.98 Å². The van der Waals surface area contributed by atoms with Gasteiger partial charge in [0.1, 0.15) is 5.82 Å². The van der Waals surface area contributed by atoms with Crippen molar-refractivity contribution < 1.29 is 10.5 Å². The van der Waals surface area contributed by atoms with Crippen LogP contribution in [-0.2, 0) is 29.5 Å². The predicted octanol–water partition coefficient (Wildman–Crippen LogP) is 0.437. The Balaban J connectivity index is 1.80. The summed E-state index contributed by atoms with van der Waals surface area (Å²) in [5.41, 5.74) is 14.9. The Morgan fingerprint density at radius 1 is 1.32 bits per heavy atom. The van der Waals surface area contributed by atoms with E-state index in [2.05, 4.69) is 22.1 Å². The van der Waals surface area contributed by atoms with E-state index in [1.54, 1.807) is 6.20 Å². The minimum atomic E-state index is -0.512. The smallest absolute Gasteiger partial charge is 0.237 e. The SMILES string of the molecule is Nc1cc2c(cc1CC[NH3+])CC1(C2)C(=O)Nc2ncccc21. The molecule has 0 bridgehead atoms. The number of rotatable bonds is 2. The largest absolute Gasteiger partial charge is 0.398 e. The molecule has 112 valence electrons. The van der Waals surface area contributed by atoms with Gasteiger partial charge in [-0.15, -0.1) is 0 Å². The fourth-order valence-corrected chi connectivity index (χ4v) is 3.80. The Kier molecular flexibility index (Phi) is 2.74. The van der Waals surface area contributed by atoms with E-state index in [0.717, 1.165) is 36.2 Å². The number of benzene rings is 1. The van der Waals surface area contributed by atoms with Crippen molar-refractivity contribution in [2.24, 2.45) is 0 Å². The molecule has 0 radical (unpaired) electrons. The van der Waals surface area contributed by atoms with Gasteiger partial charge in [0.05, 0.1) is 12.0 Å². The predicted molar refractivity (Wildman–Crippen MR) is 84.3 cm³/mol. The van der Waals surface area contributed by atoms with Crippen molar-refractivity contribution in [1.29, 1.82) is 0 Å². The zero-order valence-corrected chi connectivity index (χ0v) is 12.4. The molecule has 2 heterocycles. The van der Waals surface area contributed by atoms with Crippen molar-refractivity contribution >= 4 is 17.4 Å². The van der Waals surface area contributed by atoms with Crippen LogP contribution >= 0.6 is 0 Å². The van der Waals surface area contributed by atoms with E-state index in [-0.39, 0.29) is 5.91 Å².